The SMILES string of the molecule is CCCCN1C(=O)[C@@H](C(O)C2CCCCC2)NC(=O)C12CCN(Cc1ccc(Oc3c(C)cc(C(=O)O)cc3C)cc1)CC2.Cl. The summed E-state index contributed by atoms with van der Waals surface area (Å²) in [6, 6.07) is 10.3. The lowest BCUT2D eigenvalue weighted by atomic mass is 9.78. The molecule has 1 spiro atoms. The second-order valence-corrected chi connectivity index (χ2v) is 13.0. The molecule has 1 aliphatic carbocycles. The molecule has 2 aliphatic heterocycles. The standard InChI is InChI=1S/C35H47N3O6.ClH/c1-4-5-17-38-32(40)29(30(39)26-9-7-6-8-10-26)36-34(43)35(38)15-18-37(19-16-35)22-25-11-13-28(14-12-25)44-31-23(2)20-27(33(41)42)21-24(31)3;/h11-14,20-21,26,29-30,39H,4-10,15-19,22H2,1-3H3,(H,36,43)(H,41,42);1H/t29-,30?;/m1./s1. The molecule has 2 atom stereocenters. The molecule has 2 aromatic carbocycles. The number of hydrogen-bond acceptors (Lipinski definition) is 6. The molecule has 45 heavy (non-hydrogen) atoms. The van der Waals surface area contributed by atoms with E-state index in [1.807, 2.05) is 43.0 Å². The summed E-state index contributed by atoms with van der Waals surface area (Å²) in [6.07, 6.45) is 7.14. The van der Waals surface area contributed by atoms with Crippen molar-refractivity contribution in [1.29, 1.82) is 0 Å². The van der Waals surface area contributed by atoms with Crippen LogP contribution in [0.5, 0.6) is 11.5 Å². The number of rotatable bonds is 10. The Labute approximate surface area is 272 Å². The molecule has 9 nitrogen and oxygen atoms in total. The first kappa shape index (κ1) is 34.7. The van der Waals surface area contributed by atoms with Gasteiger partial charge in [-0.3, -0.25) is 14.5 Å². The number of benzene rings is 2. The van der Waals surface area contributed by atoms with Gasteiger partial charge in [-0.15, -0.1) is 12.4 Å². The molecule has 0 aromatic heterocycles. The van der Waals surface area contributed by atoms with Gasteiger partial charge in [0.1, 0.15) is 23.1 Å². The third-order valence-corrected chi connectivity index (χ3v) is 9.91. The number of aryl methyl sites for hydroxylation is 2. The van der Waals surface area contributed by atoms with Crippen molar-refractivity contribution in [2.45, 2.75) is 103 Å². The van der Waals surface area contributed by atoms with Crippen molar-refractivity contribution in [3.63, 3.8) is 0 Å². The number of nitrogens with one attached hydrogen (secondary N) is 1. The summed E-state index contributed by atoms with van der Waals surface area (Å²) < 4.78 is 6.12. The van der Waals surface area contributed by atoms with Gasteiger partial charge in [0.05, 0.1) is 11.7 Å². The fourth-order valence-electron chi connectivity index (χ4n) is 7.31. The number of amides is 2. The van der Waals surface area contributed by atoms with Crippen molar-refractivity contribution in [3.8, 4) is 11.5 Å². The second-order valence-electron chi connectivity index (χ2n) is 13.0. The lowest BCUT2D eigenvalue weighted by molar-refractivity contribution is -0.166. The van der Waals surface area contributed by atoms with E-state index in [2.05, 4.69) is 17.1 Å². The van der Waals surface area contributed by atoms with E-state index in [0.29, 0.717) is 44.0 Å². The summed E-state index contributed by atoms with van der Waals surface area (Å²) in [5.41, 5.74) is 2.02. The van der Waals surface area contributed by atoms with E-state index in [0.717, 1.165) is 68.2 Å². The number of piperidine rings is 1. The number of likely N-dealkylation sites (tertiary alicyclic amines) is 1. The van der Waals surface area contributed by atoms with Crippen molar-refractivity contribution in [2.75, 3.05) is 19.6 Å². The Kier molecular flexibility index (Phi) is 11.6. The van der Waals surface area contributed by atoms with Crippen molar-refractivity contribution < 1.29 is 29.3 Å². The van der Waals surface area contributed by atoms with Gasteiger partial charge in [-0.25, -0.2) is 4.79 Å². The summed E-state index contributed by atoms with van der Waals surface area (Å²) in [7, 11) is 0. The Morgan fingerprint density at radius 1 is 1.04 bits per heavy atom. The van der Waals surface area contributed by atoms with Crippen LogP contribution in [0.15, 0.2) is 36.4 Å². The van der Waals surface area contributed by atoms with Crippen LogP contribution >= 0.6 is 12.4 Å². The largest absolute Gasteiger partial charge is 0.478 e. The Morgan fingerprint density at radius 2 is 1.67 bits per heavy atom. The zero-order chi connectivity index (χ0) is 31.4. The van der Waals surface area contributed by atoms with E-state index in [-0.39, 0.29) is 35.7 Å². The first-order valence-corrected chi connectivity index (χ1v) is 16.3. The van der Waals surface area contributed by atoms with Crippen LogP contribution in [0.2, 0.25) is 0 Å². The number of aromatic carboxylic acids is 1. The number of carboxylic acid groups (broad SMARTS) is 1. The molecule has 1 saturated carbocycles. The van der Waals surface area contributed by atoms with E-state index < -0.39 is 23.7 Å². The van der Waals surface area contributed by atoms with Crippen LogP contribution in [0.4, 0.5) is 0 Å². The van der Waals surface area contributed by atoms with Crippen LogP contribution in [0, 0.1) is 19.8 Å². The smallest absolute Gasteiger partial charge is 0.335 e. The normalized spacial score (nSPS) is 21.2. The molecule has 5 rings (SSSR count). The highest BCUT2D eigenvalue weighted by Gasteiger charge is 2.55. The number of hydrogen-bond donors (Lipinski definition) is 3. The van der Waals surface area contributed by atoms with Crippen LogP contribution in [-0.4, -0.2) is 75.1 Å². The van der Waals surface area contributed by atoms with E-state index in [9.17, 15) is 24.6 Å². The van der Waals surface area contributed by atoms with Gasteiger partial charge in [0, 0.05) is 26.2 Å². The number of halogens is 1. The summed E-state index contributed by atoms with van der Waals surface area (Å²) in [4.78, 5) is 43.1. The number of carbonyl (C=O) groups is 3. The Morgan fingerprint density at radius 3 is 2.24 bits per heavy atom. The van der Waals surface area contributed by atoms with Crippen molar-refractivity contribution in [3.05, 3.63) is 58.7 Å². The predicted molar refractivity (Wildman–Crippen MR) is 175 cm³/mol. The van der Waals surface area contributed by atoms with Gasteiger partial charge in [0.2, 0.25) is 11.8 Å². The van der Waals surface area contributed by atoms with Crippen molar-refractivity contribution in [2.24, 2.45) is 5.92 Å². The Balaban J connectivity index is 0.00000461. The summed E-state index contributed by atoms with van der Waals surface area (Å²) >= 11 is 0. The fraction of sp³-hybridized carbons (Fsp3) is 0.571. The van der Waals surface area contributed by atoms with Crippen LogP contribution in [0.25, 0.3) is 0 Å². The number of aliphatic hydroxyl groups excluding tert-OH is 1. The summed E-state index contributed by atoms with van der Waals surface area (Å²) in [5.74, 6) is 0.196. The van der Waals surface area contributed by atoms with Gasteiger partial charge in [-0.2, -0.15) is 0 Å². The maximum Gasteiger partial charge on any atom is 0.335 e. The number of carboxylic acids is 1. The monoisotopic (exact) mass is 641 g/mol. The minimum Gasteiger partial charge on any atom is -0.478 e. The zero-order valence-electron chi connectivity index (χ0n) is 26.7. The highest BCUT2D eigenvalue weighted by Crippen LogP contribution is 2.37. The predicted octanol–water partition coefficient (Wildman–Crippen LogP) is 5.62. The van der Waals surface area contributed by atoms with E-state index in [1.54, 1.807) is 12.1 Å². The van der Waals surface area contributed by atoms with Gasteiger partial charge >= 0.3 is 5.97 Å². The van der Waals surface area contributed by atoms with Gasteiger partial charge in [0.25, 0.3) is 0 Å². The molecule has 3 aliphatic rings. The van der Waals surface area contributed by atoms with Gasteiger partial charge in [0.15, 0.2) is 0 Å². The summed E-state index contributed by atoms with van der Waals surface area (Å²) in [5, 5.41) is 23.5. The molecule has 2 saturated heterocycles. The third kappa shape index (κ3) is 7.47. The number of unbranched alkanes of at least 4 members (excludes halogenated alkanes) is 1. The van der Waals surface area contributed by atoms with E-state index >= 15 is 0 Å². The molecular weight excluding hydrogens is 594 g/mol. The van der Waals surface area contributed by atoms with E-state index in [4.69, 9.17) is 4.74 Å². The zero-order valence-corrected chi connectivity index (χ0v) is 27.5. The molecule has 2 heterocycles. The molecule has 2 aromatic rings. The lowest BCUT2D eigenvalue weighted by Gasteiger charge is -2.52. The molecule has 1 unspecified atom stereocenters. The average molecular weight is 642 g/mol. The number of aliphatic hydroxyl groups is 1. The maximum atomic E-state index is 13.9. The van der Waals surface area contributed by atoms with Gasteiger partial charge < -0.3 is 25.2 Å². The first-order chi connectivity index (χ1) is 21.1. The van der Waals surface area contributed by atoms with Crippen LogP contribution in [-0.2, 0) is 16.1 Å². The van der Waals surface area contributed by atoms with Crippen molar-refractivity contribution in [1.82, 2.24) is 15.1 Å². The van der Waals surface area contributed by atoms with Crippen LogP contribution in [0.1, 0.15) is 91.8 Å². The minimum absolute atomic E-state index is 0. The number of piperazine rings is 1. The molecule has 0 radical (unpaired) electrons. The molecular formula is C35H48ClN3O6. The molecule has 246 valence electrons. The van der Waals surface area contributed by atoms with E-state index in [1.165, 1.54) is 0 Å². The van der Waals surface area contributed by atoms with Crippen molar-refractivity contribution >= 4 is 30.2 Å². The highest BCUT2D eigenvalue weighted by molar-refractivity contribution is 6.00. The number of nitrogens with zero attached hydrogens (tertiary/aromatic N) is 2. The summed E-state index contributed by atoms with van der Waals surface area (Å²) in [6.45, 7) is 8.40. The van der Waals surface area contributed by atoms with Crippen LogP contribution in [0.3, 0.4) is 0 Å². The minimum atomic E-state index is -0.960. The quantitative estimate of drug-likeness (QED) is 0.308. The third-order valence-electron chi connectivity index (χ3n) is 9.91. The first-order valence-electron chi connectivity index (χ1n) is 16.3. The number of ether oxygens (including phenoxy) is 1. The average Bonchev–Trinajstić information content (AvgIpc) is 3.02. The number of carbonyl (C=O) groups excluding carboxylic acids is 2. The molecule has 2 amide bonds. The second kappa shape index (κ2) is 15.0. The molecule has 0 bridgehead atoms. The Bertz CT molecular complexity index is 1330. The van der Waals surface area contributed by atoms with Crippen LogP contribution < -0.4 is 10.1 Å². The van der Waals surface area contributed by atoms with Gasteiger partial charge in [-0.05, 0) is 92.8 Å². The topological polar surface area (TPSA) is 119 Å². The lowest BCUT2D eigenvalue weighted by Crippen LogP contribution is -2.75. The Hall–Kier alpha value is -3.14. The van der Waals surface area contributed by atoms with Gasteiger partial charge in [-0.1, -0.05) is 44.7 Å². The molecule has 3 N–H and O–H groups in total. The fourth-order valence-corrected chi connectivity index (χ4v) is 7.31. The maximum absolute atomic E-state index is 13.9. The highest BCUT2D eigenvalue weighted by atomic mass is 35.5. The molecule has 3 fully saturated rings. The molecule has 10 heteroatoms.